The second kappa shape index (κ2) is 4.75. The van der Waals surface area contributed by atoms with E-state index in [1.54, 1.807) is 14.0 Å². The highest BCUT2D eigenvalue weighted by molar-refractivity contribution is 7.89. The molecule has 1 atom stereocenters. The number of nitrogens with one attached hydrogen (secondary N) is 1. The van der Waals surface area contributed by atoms with Gasteiger partial charge in [-0.15, -0.1) is 0 Å². The zero-order chi connectivity index (χ0) is 12.5. The van der Waals surface area contributed by atoms with Gasteiger partial charge in [-0.25, -0.2) is 13.4 Å². The number of imidazole rings is 1. The fourth-order valence-electron chi connectivity index (χ4n) is 1.98. The third-order valence-electron chi connectivity index (χ3n) is 2.97. The Balaban J connectivity index is 2.21. The first kappa shape index (κ1) is 12.5. The van der Waals surface area contributed by atoms with E-state index in [0.717, 1.165) is 12.8 Å². The molecule has 0 saturated carbocycles. The van der Waals surface area contributed by atoms with Gasteiger partial charge < -0.3 is 9.72 Å². The molecule has 2 heterocycles. The van der Waals surface area contributed by atoms with Crippen molar-refractivity contribution in [1.82, 2.24) is 14.3 Å². The Labute approximate surface area is 101 Å². The average molecular weight is 259 g/mol. The summed E-state index contributed by atoms with van der Waals surface area (Å²) in [7, 11) is -1.84. The van der Waals surface area contributed by atoms with Crippen molar-refractivity contribution in [1.29, 1.82) is 0 Å². The van der Waals surface area contributed by atoms with Crippen molar-refractivity contribution in [2.75, 3.05) is 20.2 Å². The Morgan fingerprint density at radius 1 is 1.59 bits per heavy atom. The highest BCUT2D eigenvalue weighted by atomic mass is 32.2. The van der Waals surface area contributed by atoms with E-state index < -0.39 is 10.0 Å². The summed E-state index contributed by atoms with van der Waals surface area (Å²) >= 11 is 0. The maximum absolute atomic E-state index is 12.3. The lowest BCUT2D eigenvalue weighted by atomic mass is 10.1. The lowest BCUT2D eigenvalue weighted by Crippen LogP contribution is -2.42. The standard InChI is InChI=1S/C10H17N3O3S/c1-8-11-6-10(12-8)17(14,15)13-5-3-4-9(7-13)16-2/h6,9H,3-5,7H2,1-2H3,(H,11,12). The van der Waals surface area contributed by atoms with Gasteiger partial charge in [-0.05, 0) is 19.8 Å². The quantitative estimate of drug-likeness (QED) is 0.858. The van der Waals surface area contributed by atoms with Gasteiger partial charge in [-0.1, -0.05) is 0 Å². The molecule has 1 aliphatic rings. The lowest BCUT2D eigenvalue weighted by Gasteiger charge is -2.30. The van der Waals surface area contributed by atoms with Gasteiger partial charge in [0.1, 0.15) is 5.82 Å². The Kier molecular flexibility index (Phi) is 3.50. The Bertz CT molecular complexity index is 483. The molecule has 0 radical (unpaired) electrons. The van der Waals surface area contributed by atoms with E-state index >= 15 is 0 Å². The Hall–Kier alpha value is -0.920. The van der Waals surface area contributed by atoms with E-state index in [9.17, 15) is 8.42 Å². The van der Waals surface area contributed by atoms with Crippen LogP contribution in [-0.4, -0.2) is 49.0 Å². The van der Waals surface area contributed by atoms with Crippen LogP contribution < -0.4 is 0 Å². The molecule has 1 aliphatic heterocycles. The summed E-state index contributed by atoms with van der Waals surface area (Å²) in [6.45, 7) is 2.68. The Morgan fingerprint density at radius 3 is 2.94 bits per heavy atom. The molecule has 1 aromatic heterocycles. The third-order valence-corrected chi connectivity index (χ3v) is 4.75. The topological polar surface area (TPSA) is 75.3 Å². The van der Waals surface area contributed by atoms with Crippen LogP contribution in [0.3, 0.4) is 0 Å². The molecule has 1 saturated heterocycles. The summed E-state index contributed by atoms with van der Waals surface area (Å²) in [5, 5.41) is 0.159. The molecule has 0 spiro atoms. The minimum Gasteiger partial charge on any atom is -0.380 e. The van der Waals surface area contributed by atoms with Crippen molar-refractivity contribution >= 4 is 10.0 Å². The number of sulfonamides is 1. The zero-order valence-electron chi connectivity index (χ0n) is 10.0. The summed E-state index contributed by atoms with van der Waals surface area (Å²) in [5.41, 5.74) is 0. The number of rotatable bonds is 3. The van der Waals surface area contributed by atoms with Crippen molar-refractivity contribution in [2.24, 2.45) is 0 Å². The summed E-state index contributed by atoms with van der Waals surface area (Å²) in [6.07, 6.45) is 3.08. The lowest BCUT2D eigenvalue weighted by molar-refractivity contribution is 0.0571. The predicted octanol–water partition coefficient (Wildman–Crippen LogP) is 0.518. The van der Waals surface area contributed by atoms with Crippen LogP contribution in [0.5, 0.6) is 0 Å². The van der Waals surface area contributed by atoms with Crippen molar-refractivity contribution in [3.05, 3.63) is 12.0 Å². The van der Waals surface area contributed by atoms with Gasteiger partial charge in [-0.3, -0.25) is 0 Å². The molecule has 0 bridgehead atoms. The maximum Gasteiger partial charge on any atom is 0.260 e. The van der Waals surface area contributed by atoms with Crippen LogP contribution in [0.25, 0.3) is 0 Å². The molecule has 17 heavy (non-hydrogen) atoms. The van der Waals surface area contributed by atoms with Crippen molar-refractivity contribution < 1.29 is 13.2 Å². The average Bonchev–Trinajstić information content (AvgIpc) is 2.76. The number of aryl methyl sites for hydroxylation is 1. The van der Waals surface area contributed by atoms with Crippen LogP contribution in [0.1, 0.15) is 18.7 Å². The minimum atomic E-state index is -3.45. The normalized spacial score (nSPS) is 22.8. The van der Waals surface area contributed by atoms with Gasteiger partial charge in [0.2, 0.25) is 0 Å². The van der Waals surface area contributed by atoms with Gasteiger partial charge in [0.25, 0.3) is 10.0 Å². The number of aromatic nitrogens is 2. The number of methoxy groups -OCH3 is 1. The second-order valence-electron chi connectivity index (χ2n) is 4.20. The zero-order valence-corrected chi connectivity index (χ0v) is 10.8. The minimum absolute atomic E-state index is 0.0115. The molecule has 7 heteroatoms. The number of aromatic amines is 1. The number of H-pyrrole nitrogens is 1. The first-order valence-corrected chi connectivity index (χ1v) is 7.02. The summed E-state index contributed by atoms with van der Waals surface area (Å²) in [4.78, 5) is 6.69. The molecule has 0 aliphatic carbocycles. The van der Waals surface area contributed by atoms with E-state index in [2.05, 4.69) is 9.97 Å². The molecule has 2 rings (SSSR count). The largest absolute Gasteiger partial charge is 0.380 e. The number of piperidine rings is 1. The van der Waals surface area contributed by atoms with Crippen molar-refractivity contribution in [2.45, 2.75) is 30.9 Å². The molecule has 0 amide bonds. The number of hydrogen-bond acceptors (Lipinski definition) is 4. The van der Waals surface area contributed by atoms with Crippen LogP contribution >= 0.6 is 0 Å². The van der Waals surface area contributed by atoms with E-state index in [0.29, 0.717) is 18.9 Å². The predicted molar refractivity (Wildman–Crippen MR) is 62.1 cm³/mol. The van der Waals surface area contributed by atoms with Crippen molar-refractivity contribution in [3.63, 3.8) is 0 Å². The highest BCUT2D eigenvalue weighted by Gasteiger charge is 2.31. The fraction of sp³-hybridized carbons (Fsp3) is 0.700. The molecule has 96 valence electrons. The van der Waals surface area contributed by atoms with Crippen LogP contribution in [0, 0.1) is 6.92 Å². The van der Waals surface area contributed by atoms with Crippen LogP contribution in [0.4, 0.5) is 0 Å². The molecule has 0 aromatic carbocycles. The number of nitrogens with zero attached hydrogens (tertiary/aromatic N) is 2. The van der Waals surface area contributed by atoms with Crippen LogP contribution in [0.15, 0.2) is 11.2 Å². The van der Waals surface area contributed by atoms with Crippen LogP contribution in [-0.2, 0) is 14.8 Å². The van der Waals surface area contributed by atoms with Gasteiger partial charge >= 0.3 is 0 Å². The number of ether oxygens (including phenoxy) is 1. The summed E-state index contributed by atoms with van der Waals surface area (Å²) in [6, 6.07) is 0. The van der Waals surface area contributed by atoms with E-state index in [1.807, 2.05) is 0 Å². The van der Waals surface area contributed by atoms with Crippen molar-refractivity contribution in [3.8, 4) is 0 Å². The molecule has 6 nitrogen and oxygen atoms in total. The van der Waals surface area contributed by atoms with E-state index in [-0.39, 0.29) is 11.1 Å². The van der Waals surface area contributed by atoms with E-state index in [4.69, 9.17) is 4.74 Å². The molecule has 1 unspecified atom stereocenters. The molecule has 1 aromatic rings. The van der Waals surface area contributed by atoms with Crippen LogP contribution in [0.2, 0.25) is 0 Å². The van der Waals surface area contributed by atoms with Gasteiger partial charge in [0, 0.05) is 20.2 Å². The highest BCUT2D eigenvalue weighted by Crippen LogP contribution is 2.20. The second-order valence-corrected chi connectivity index (χ2v) is 6.10. The van der Waals surface area contributed by atoms with Gasteiger partial charge in [0.15, 0.2) is 5.03 Å². The first-order chi connectivity index (χ1) is 8.04. The molecule has 1 N–H and O–H groups in total. The summed E-state index contributed by atoms with van der Waals surface area (Å²) < 4.78 is 31.2. The summed E-state index contributed by atoms with van der Waals surface area (Å²) in [5.74, 6) is 0.601. The number of hydrogen-bond donors (Lipinski definition) is 1. The molecule has 1 fully saturated rings. The fourth-order valence-corrected chi connectivity index (χ4v) is 3.46. The maximum atomic E-state index is 12.3. The smallest absolute Gasteiger partial charge is 0.260 e. The van der Waals surface area contributed by atoms with E-state index in [1.165, 1.54) is 10.5 Å². The van der Waals surface area contributed by atoms with Gasteiger partial charge in [0.05, 0.1) is 12.3 Å². The first-order valence-electron chi connectivity index (χ1n) is 5.58. The SMILES string of the molecule is COC1CCCN(S(=O)(=O)c2cnc(C)[nH]2)C1. The monoisotopic (exact) mass is 259 g/mol. The van der Waals surface area contributed by atoms with Gasteiger partial charge in [-0.2, -0.15) is 4.31 Å². The third kappa shape index (κ3) is 2.51. The Morgan fingerprint density at radius 2 is 2.35 bits per heavy atom. The molecular formula is C10H17N3O3S. The molecular weight excluding hydrogens is 242 g/mol.